The average molecular weight is 296 g/mol. The Labute approximate surface area is 127 Å². The van der Waals surface area contributed by atoms with Crippen molar-refractivity contribution < 1.29 is 0 Å². The van der Waals surface area contributed by atoms with Crippen LogP contribution in [0.2, 0.25) is 0 Å². The Morgan fingerprint density at radius 1 is 1.33 bits per heavy atom. The van der Waals surface area contributed by atoms with Crippen LogP contribution in [0, 0.1) is 25.2 Å². The van der Waals surface area contributed by atoms with E-state index < -0.39 is 0 Å². The third-order valence-corrected chi connectivity index (χ3v) is 4.45. The first-order valence-electron chi connectivity index (χ1n) is 6.80. The van der Waals surface area contributed by atoms with Crippen molar-refractivity contribution in [2.75, 3.05) is 0 Å². The average Bonchev–Trinajstić information content (AvgIpc) is 3.01. The highest BCUT2D eigenvalue weighted by atomic mass is 32.1. The van der Waals surface area contributed by atoms with Crippen molar-refractivity contribution in [3.8, 4) is 6.07 Å². The summed E-state index contributed by atoms with van der Waals surface area (Å²) in [7, 11) is 0. The van der Waals surface area contributed by atoms with Gasteiger partial charge in [-0.3, -0.25) is 9.72 Å². The lowest BCUT2D eigenvalue weighted by Crippen LogP contribution is -2.21. The molecule has 0 saturated carbocycles. The summed E-state index contributed by atoms with van der Waals surface area (Å²) in [4.78, 5) is 5.49. The van der Waals surface area contributed by atoms with E-state index in [0.29, 0.717) is 6.54 Å². The van der Waals surface area contributed by atoms with Crippen molar-refractivity contribution in [3.63, 3.8) is 0 Å². The molecule has 0 spiro atoms. The molecule has 0 amide bonds. The van der Waals surface area contributed by atoms with E-state index in [0.717, 1.165) is 22.0 Å². The first kappa shape index (κ1) is 13.8. The van der Waals surface area contributed by atoms with Crippen molar-refractivity contribution in [1.29, 1.82) is 5.26 Å². The SMILES string of the molecule is Cc1nc2scc(C)n2c1C(C#N)NCc1ccccc1. The molecular formula is C16H16N4S. The molecule has 1 unspecified atom stereocenters. The summed E-state index contributed by atoms with van der Waals surface area (Å²) >= 11 is 1.61. The van der Waals surface area contributed by atoms with Gasteiger partial charge < -0.3 is 0 Å². The second-order valence-corrected chi connectivity index (χ2v) is 5.84. The van der Waals surface area contributed by atoms with Gasteiger partial charge in [0.05, 0.1) is 17.5 Å². The van der Waals surface area contributed by atoms with Gasteiger partial charge in [-0.2, -0.15) is 5.26 Å². The van der Waals surface area contributed by atoms with Gasteiger partial charge in [0.25, 0.3) is 0 Å². The van der Waals surface area contributed by atoms with E-state index in [9.17, 15) is 5.26 Å². The molecule has 0 bridgehead atoms. The van der Waals surface area contributed by atoms with Crippen LogP contribution >= 0.6 is 11.3 Å². The minimum Gasteiger partial charge on any atom is -0.293 e. The van der Waals surface area contributed by atoms with Gasteiger partial charge in [-0.25, -0.2) is 4.98 Å². The fourth-order valence-corrected chi connectivity index (χ4v) is 3.40. The minimum absolute atomic E-state index is 0.367. The van der Waals surface area contributed by atoms with Crippen LogP contribution in [0.15, 0.2) is 35.7 Å². The van der Waals surface area contributed by atoms with Crippen LogP contribution in [0.25, 0.3) is 4.96 Å². The summed E-state index contributed by atoms with van der Waals surface area (Å²) in [6.45, 7) is 4.66. The highest BCUT2D eigenvalue weighted by molar-refractivity contribution is 7.15. The Morgan fingerprint density at radius 3 is 2.81 bits per heavy atom. The lowest BCUT2D eigenvalue weighted by molar-refractivity contribution is 0.608. The summed E-state index contributed by atoms with van der Waals surface area (Å²) in [5.41, 5.74) is 4.14. The van der Waals surface area contributed by atoms with Crippen molar-refractivity contribution in [2.24, 2.45) is 0 Å². The standard InChI is InChI=1S/C16H16N4S/c1-11-10-21-16-19-12(2)15(20(11)16)14(8-17)18-9-13-6-4-3-5-7-13/h3-7,10,14,18H,9H2,1-2H3. The number of nitrogens with one attached hydrogen (secondary N) is 1. The monoisotopic (exact) mass is 296 g/mol. The summed E-state index contributed by atoms with van der Waals surface area (Å²) < 4.78 is 2.08. The molecule has 5 heteroatoms. The number of imidazole rings is 1. The zero-order valence-corrected chi connectivity index (χ0v) is 12.8. The molecule has 0 saturated heterocycles. The number of hydrogen-bond donors (Lipinski definition) is 1. The second kappa shape index (κ2) is 5.68. The number of thiazole rings is 1. The molecule has 0 aliphatic carbocycles. The molecule has 21 heavy (non-hydrogen) atoms. The number of aryl methyl sites for hydroxylation is 2. The largest absolute Gasteiger partial charge is 0.293 e. The lowest BCUT2D eigenvalue weighted by Gasteiger charge is -2.12. The summed E-state index contributed by atoms with van der Waals surface area (Å²) in [6.07, 6.45) is 0. The first-order valence-corrected chi connectivity index (χ1v) is 7.68. The van der Waals surface area contributed by atoms with E-state index in [1.54, 1.807) is 11.3 Å². The maximum atomic E-state index is 9.54. The Kier molecular flexibility index (Phi) is 3.74. The molecule has 0 fully saturated rings. The zero-order chi connectivity index (χ0) is 14.8. The third-order valence-electron chi connectivity index (χ3n) is 3.51. The van der Waals surface area contributed by atoms with E-state index >= 15 is 0 Å². The van der Waals surface area contributed by atoms with Crippen LogP contribution in [0.3, 0.4) is 0 Å². The number of nitriles is 1. The molecule has 0 aliphatic rings. The van der Waals surface area contributed by atoms with Crippen molar-refractivity contribution in [1.82, 2.24) is 14.7 Å². The summed E-state index contributed by atoms with van der Waals surface area (Å²) in [5.74, 6) is 0. The predicted molar refractivity (Wildman–Crippen MR) is 84.2 cm³/mol. The van der Waals surface area contributed by atoms with Gasteiger partial charge in [0.1, 0.15) is 6.04 Å². The van der Waals surface area contributed by atoms with E-state index in [2.05, 4.69) is 38.3 Å². The van der Waals surface area contributed by atoms with Gasteiger partial charge in [0, 0.05) is 17.6 Å². The summed E-state index contributed by atoms with van der Waals surface area (Å²) in [5, 5.41) is 14.9. The zero-order valence-electron chi connectivity index (χ0n) is 12.0. The molecule has 0 aliphatic heterocycles. The number of fused-ring (bicyclic) bond motifs is 1. The van der Waals surface area contributed by atoms with Crippen molar-refractivity contribution in [2.45, 2.75) is 26.4 Å². The van der Waals surface area contributed by atoms with Gasteiger partial charge in [0.15, 0.2) is 4.96 Å². The highest BCUT2D eigenvalue weighted by Crippen LogP contribution is 2.25. The number of hydrogen-bond acceptors (Lipinski definition) is 4. The fraction of sp³-hybridized carbons (Fsp3) is 0.250. The maximum absolute atomic E-state index is 9.54. The van der Waals surface area contributed by atoms with Gasteiger partial charge in [-0.1, -0.05) is 30.3 Å². The van der Waals surface area contributed by atoms with E-state index in [4.69, 9.17) is 0 Å². The number of benzene rings is 1. The molecule has 106 valence electrons. The van der Waals surface area contributed by atoms with Crippen LogP contribution in [0.5, 0.6) is 0 Å². The molecule has 3 rings (SSSR count). The van der Waals surface area contributed by atoms with Crippen LogP contribution in [0.1, 0.15) is 28.7 Å². The number of nitrogens with zero attached hydrogens (tertiary/aromatic N) is 3. The van der Waals surface area contributed by atoms with Crippen molar-refractivity contribution >= 4 is 16.3 Å². The van der Waals surface area contributed by atoms with Gasteiger partial charge in [0.2, 0.25) is 0 Å². The van der Waals surface area contributed by atoms with E-state index in [1.165, 1.54) is 5.56 Å². The van der Waals surface area contributed by atoms with Crippen LogP contribution in [0.4, 0.5) is 0 Å². The Balaban J connectivity index is 1.90. The minimum atomic E-state index is -0.367. The molecule has 2 aromatic heterocycles. The third kappa shape index (κ3) is 2.56. The first-order chi connectivity index (χ1) is 10.2. The molecule has 1 atom stereocenters. The Morgan fingerprint density at radius 2 is 2.10 bits per heavy atom. The Hall–Kier alpha value is -2.16. The quantitative estimate of drug-likeness (QED) is 0.803. The van der Waals surface area contributed by atoms with E-state index in [1.807, 2.05) is 32.0 Å². The smallest absolute Gasteiger partial charge is 0.194 e. The number of rotatable bonds is 4. The molecule has 0 radical (unpaired) electrons. The number of aromatic nitrogens is 2. The Bertz CT molecular complexity index is 795. The highest BCUT2D eigenvalue weighted by Gasteiger charge is 2.20. The van der Waals surface area contributed by atoms with Crippen LogP contribution < -0.4 is 5.32 Å². The molecule has 4 nitrogen and oxygen atoms in total. The molecule has 2 heterocycles. The normalized spacial score (nSPS) is 12.4. The second-order valence-electron chi connectivity index (χ2n) is 5.01. The van der Waals surface area contributed by atoms with E-state index in [-0.39, 0.29) is 6.04 Å². The van der Waals surface area contributed by atoms with Gasteiger partial charge in [-0.05, 0) is 19.4 Å². The maximum Gasteiger partial charge on any atom is 0.194 e. The molecule has 1 aromatic carbocycles. The van der Waals surface area contributed by atoms with Gasteiger partial charge in [-0.15, -0.1) is 11.3 Å². The lowest BCUT2D eigenvalue weighted by atomic mass is 10.1. The molecule has 3 aromatic rings. The topological polar surface area (TPSA) is 53.1 Å². The van der Waals surface area contributed by atoms with Crippen LogP contribution in [-0.4, -0.2) is 9.38 Å². The fourth-order valence-electron chi connectivity index (χ4n) is 2.48. The summed E-state index contributed by atoms with van der Waals surface area (Å²) in [6, 6.07) is 12.1. The predicted octanol–water partition coefficient (Wildman–Crippen LogP) is 3.37. The molecule has 1 N–H and O–H groups in total. The molecular weight excluding hydrogens is 280 g/mol. The van der Waals surface area contributed by atoms with Gasteiger partial charge >= 0.3 is 0 Å². The van der Waals surface area contributed by atoms with Crippen molar-refractivity contribution in [3.05, 3.63) is 58.4 Å². The van der Waals surface area contributed by atoms with Crippen LogP contribution in [-0.2, 0) is 6.54 Å².